The van der Waals surface area contributed by atoms with Crippen LogP contribution in [0, 0.1) is 0 Å². The van der Waals surface area contributed by atoms with E-state index in [1.165, 1.54) is 0 Å². The van der Waals surface area contributed by atoms with E-state index in [1.807, 2.05) is 0 Å². The van der Waals surface area contributed by atoms with Crippen LogP contribution in [0.5, 0.6) is 0 Å². The second kappa shape index (κ2) is 6.46. The quantitative estimate of drug-likeness (QED) is 0.237. The van der Waals surface area contributed by atoms with E-state index in [4.69, 9.17) is 10.2 Å². The standard InChI is InChI=1S/C8H15NO6/c1-4(12)9-5(2-10)7(14)8(15)6(13)3-11/h2,5-8,11,13-15H,3H2,1H3,(H,9,12)/t5-,6-,7-,8-/m1/s1/i1+1. The Labute approximate surface area is 86.3 Å². The third-order valence-corrected chi connectivity index (χ3v) is 1.82. The van der Waals surface area contributed by atoms with Crippen LogP contribution < -0.4 is 5.32 Å². The number of carbonyl (C=O) groups excluding carboxylic acids is 2. The summed E-state index contributed by atoms with van der Waals surface area (Å²) in [6, 6.07) is -1.32. The molecule has 0 heterocycles. The number of amides is 1. The Bertz CT molecular complexity index is 221. The molecule has 1 amide bonds. The topological polar surface area (TPSA) is 127 Å². The number of hydrogen-bond donors (Lipinski definition) is 5. The number of nitrogens with one attached hydrogen (secondary N) is 1. The lowest BCUT2D eigenvalue weighted by molar-refractivity contribution is -0.129. The third kappa shape index (κ3) is 4.34. The summed E-state index contributed by atoms with van der Waals surface area (Å²) in [6.45, 7) is 0.377. The maximum atomic E-state index is 10.6. The zero-order valence-electron chi connectivity index (χ0n) is 8.20. The lowest BCUT2D eigenvalue weighted by atomic mass is 10.0. The van der Waals surface area contributed by atoms with Crippen molar-refractivity contribution in [2.24, 2.45) is 0 Å². The minimum atomic E-state index is -1.71. The molecule has 0 aliphatic rings. The van der Waals surface area contributed by atoms with Crippen LogP contribution in [0.4, 0.5) is 0 Å². The Hall–Kier alpha value is -1.02. The summed E-state index contributed by atoms with van der Waals surface area (Å²) in [4.78, 5) is 21.1. The first kappa shape index (κ1) is 14.0. The molecule has 0 aliphatic carbocycles. The van der Waals surface area contributed by atoms with Crippen molar-refractivity contribution in [3.05, 3.63) is 0 Å². The molecule has 0 bridgehead atoms. The van der Waals surface area contributed by atoms with Gasteiger partial charge in [0.15, 0.2) is 0 Å². The summed E-state index contributed by atoms with van der Waals surface area (Å²) in [5.41, 5.74) is 0. The second-order valence-corrected chi connectivity index (χ2v) is 3.09. The van der Waals surface area contributed by atoms with Crippen LogP contribution in [-0.4, -0.2) is 63.6 Å². The predicted molar refractivity (Wildman–Crippen MR) is 48.8 cm³/mol. The van der Waals surface area contributed by atoms with Crippen molar-refractivity contribution < 1.29 is 30.0 Å². The van der Waals surface area contributed by atoms with Gasteiger partial charge in [-0.1, -0.05) is 0 Å². The first-order valence-electron chi connectivity index (χ1n) is 4.31. The molecular formula is C8H15NO6. The summed E-state index contributed by atoms with van der Waals surface area (Å²) in [6.07, 6.45) is -4.72. The highest BCUT2D eigenvalue weighted by Gasteiger charge is 2.31. The van der Waals surface area contributed by atoms with Crippen molar-refractivity contribution in [3.63, 3.8) is 0 Å². The predicted octanol–water partition coefficient (Wildman–Crippen LogP) is -3.23. The van der Waals surface area contributed by atoms with Crippen LogP contribution >= 0.6 is 0 Å². The van der Waals surface area contributed by atoms with E-state index in [1.54, 1.807) is 0 Å². The van der Waals surface area contributed by atoms with Crippen molar-refractivity contribution >= 4 is 12.2 Å². The maximum Gasteiger partial charge on any atom is 0.217 e. The van der Waals surface area contributed by atoms with Gasteiger partial charge in [0.05, 0.1) is 6.61 Å². The Morgan fingerprint density at radius 3 is 2.20 bits per heavy atom. The van der Waals surface area contributed by atoms with Gasteiger partial charge in [-0.25, -0.2) is 0 Å². The van der Waals surface area contributed by atoms with Crippen LogP contribution in [0.2, 0.25) is 0 Å². The number of carbonyl (C=O) groups is 2. The molecule has 0 radical (unpaired) electrons. The van der Waals surface area contributed by atoms with Gasteiger partial charge in [0.2, 0.25) is 5.91 Å². The molecule has 0 saturated heterocycles. The van der Waals surface area contributed by atoms with Crippen molar-refractivity contribution in [2.45, 2.75) is 31.3 Å². The Kier molecular flexibility index (Phi) is 6.02. The second-order valence-electron chi connectivity index (χ2n) is 3.09. The molecule has 7 nitrogen and oxygen atoms in total. The van der Waals surface area contributed by atoms with E-state index in [-0.39, 0.29) is 6.29 Å². The van der Waals surface area contributed by atoms with Crippen LogP contribution in [0.1, 0.15) is 6.92 Å². The molecule has 0 aliphatic heterocycles. The van der Waals surface area contributed by atoms with Gasteiger partial charge >= 0.3 is 0 Å². The fraction of sp³-hybridized carbons (Fsp3) is 0.750. The summed E-state index contributed by atoms with van der Waals surface area (Å²) in [5.74, 6) is -0.558. The fourth-order valence-corrected chi connectivity index (χ4v) is 0.983. The van der Waals surface area contributed by atoms with Crippen molar-refractivity contribution in [1.29, 1.82) is 0 Å². The summed E-state index contributed by atoms with van der Waals surface area (Å²) in [7, 11) is 0. The van der Waals surface area contributed by atoms with Crippen LogP contribution in [0.3, 0.4) is 0 Å². The number of hydrogen-bond acceptors (Lipinski definition) is 6. The molecule has 0 unspecified atom stereocenters. The Morgan fingerprint density at radius 2 is 1.87 bits per heavy atom. The molecule has 0 aromatic carbocycles. The smallest absolute Gasteiger partial charge is 0.217 e. The highest BCUT2D eigenvalue weighted by Crippen LogP contribution is 2.03. The average Bonchev–Trinajstić information content (AvgIpc) is 2.22. The molecule has 5 N–H and O–H groups in total. The molecule has 0 fully saturated rings. The van der Waals surface area contributed by atoms with Gasteiger partial charge in [0, 0.05) is 6.92 Å². The highest BCUT2D eigenvalue weighted by atomic mass is 16.4. The molecule has 0 aromatic rings. The van der Waals surface area contributed by atoms with Crippen LogP contribution in [-0.2, 0) is 9.59 Å². The molecule has 15 heavy (non-hydrogen) atoms. The first-order valence-corrected chi connectivity index (χ1v) is 4.31. The van der Waals surface area contributed by atoms with Crippen molar-refractivity contribution in [3.8, 4) is 0 Å². The van der Waals surface area contributed by atoms with E-state index >= 15 is 0 Å². The van der Waals surface area contributed by atoms with Crippen LogP contribution in [0.25, 0.3) is 0 Å². The van der Waals surface area contributed by atoms with E-state index in [0.29, 0.717) is 0 Å². The average molecular weight is 222 g/mol. The van der Waals surface area contributed by atoms with Gasteiger partial charge in [-0.15, -0.1) is 0 Å². The van der Waals surface area contributed by atoms with E-state index < -0.39 is 36.9 Å². The molecule has 88 valence electrons. The minimum Gasteiger partial charge on any atom is -0.394 e. The molecule has 0 spiro atoms. The highest BCUT2D eigenvalue weighted by molar-refractivity contribution is 5.77. The van der Waals surface area contributed by atoms with Gasteiger partial charge in [0.1, 0.15) is 30.6 Å². The van der Waals surface area contributed by atoms with Gasteiger partial charge in [-0.2, -0.15) is 0 Å². The van der Waals surface area contributed by atoms with Gasteiger partial charge < -0.3 is 30.5 Å². The Balaban J connectivity index is 4.42. The lowest BCUT2D eigenvalue weighted by Crippen LogP contribution is -2.53. The largest absolute Gasteiger partial charge is 0.394 e. The van der Waals surface area contributed by atoms with E-state index in [2.05, 4.69) is 5.32 Å². The monoisotopic (exact) mass is 222 g/mol. The molecule has 0 rings (SSSR count). The van der Waals surface area contributed by atoms with Gasteiger partial charge in [-0.3, -0.25) is 4.79 Å². The number of aliphatic hydroxyl groups is 4. The van der Waals surface area contributed by atoms with E-state index in [0.717, 1.165) is 6.92 Å². The summed E-state index contributed by atoms with van der Waals surface area (Å²) < 4.78 is 0. The number of aliphatic hydroxyl groups excluding tert-OH is 4. The summed E-state index contributed by atoms with van der Waals surface area (Å²) >= 11 is 0. The maximum absolute atomic E-state index is 10.6. The van der Waals surface area contributed by atoms with Crippen LogP contribution in [0.15, 0.2) is 0 Å². The zero-order valence-corrected chi connectivity index (χ0v) is 8.20. The first-order chi connectivity index (χ1) is 6.93. The zero-order chi connectivity index (χ0) is 12.0. The molecule has 0 aromatic heterocycles. The minimum absolute atomic E-state index is 0.235. The summed E-state index contributed by atoms with van der Waals surface area (Å²) in [5, 5.41) is 38.2. The van der Waals surface area contributed by atoms with E-state index in [9.17, 15) is 19.8 Å². The number of rotatable bonds is 6. The van der Waals surface area contributed by atoms with Crippen molar-refractivity contribution in [1.82, 2.24) is 5.32 Å². The van der Waals surface area contributed by atoms with Crippen molar-refractivity contribution in [2.75, 3.05) is 6.61 Å². The molecule has 0 saturated carbocycles. The Morgan fingerprint density at radius 1 is 1.33 bits per heavy atom. The van der Waals surface area contributed by atoms with Gasteiger partial charge in [-0.05, 0) is 0 Å². The third-order valence-electron chi connectivity index (χ3n) is 1.82. The molecule has 7 heteroatoms. The van der Waals surface area contributed by atoms with Gasteiger partial charge in [0.25, 0.3) is 0 Å². The molecular weight excluding hydrogens is 207 g/mol. The normalized spacial score (nSPS) is 18.7. The fourth-order valence-electron chi connectivity index (χ4n) is 0.983. The lowest BCUT2D eigenvalue weighted by Gasteiger charge is -2.25. The molecule has 4 atom stereocenters. The SMILES string of the molecule is [13CH3]C(=O)N[C@H](C=O)[C@@H](O)[C@H](O)[C@H](O)CO. The number of aldehydes is 1.